The van der Waals surface area contributed by atoms with Crippen LogP contribution in [0.15, 0.2) is 28.8 Å². The maximum absolute atomic E-state index is 9.30. The van der Waals surface area contributed by atoms with Gasteiger partial charge in [-0.25, -0.2) is 0 Å². The van der Waals surface area contributed by atoms with E-state index >= 15 is 0 Å². The molecule has 6 heteroatoms. The van der Waals surface area contributed by atoms with E-state index in [-0.39, 0.29) is 6.10 Å². The van der Waals surface area contributed by atoms with Crippen molar-refractivity contribution in [2.45, 2.75) is 25.5 Å². The largest absolute Gasteiger partial charge is 0.393 e. The summed E-state index contributed by atoms with van der Waals surface area (Å²) in [6, 6.07) is 7.36. The van der Waals surface area contributed by atoms with Crippen molar-refractivity contribution in [3.8, 4) is 11.4 Å². The number of hydrogen-bond donors (Lipinski definition) is 1. The van der Waals surface area contributed by atoms with E-state index in [1.54, 1.807) is 12.1 Å². The number of aromatic nitrogens is 2. The molecule has 3 rings (SSSR count). The van der Waals surface area contributed by atoms with Crippen LogP contribution >= 0.6 is 11.6 Å². The topological polar surface area (TPSA) is 62.4 Å². The van der Waals surface area contributed by atoms with Gasteiger partial charge in [-0.15, -0.1) is 0 Å². The van der Waals surface area contributed by atoms with Gasteiger partial charge in [0.2, 0.25) is 11.7 Å². The highest BCUT2D eigenvalue weighted by atomic mass is 35.5. The first-order valence-corrected chi connectivity index (χ1v) is 7.43. The second kappa shape index (κ2) is 6.13. The van der Waals surface area contributed by atoms with Gasteiger partial charge in [-0.1, -0.05) is 16.8 Å². The van der Waals surface area contributed by atoms with Crippen LogP contribution in [-0.4, -0.2) is 39.8 Å². The number of benzene rings is 1. The van der Waals surface area contributed by atoms with Crippen molar-refractivity contribution in [2.75, 3.05) is 13.6 Å². The van der Waals surface area contributed by atoms with E-state index in [4.69, 9.17) is 16.1 Å². The van der Waals surface area contributed by atoms with Gasteiger partial charge in [-0.3, -0.25) is 4.90 Å². The maximum atomic E-state index is 9.30. The van der Waals surface area contributed by atoms with E-state index in [1.165, 1.54) is 0 Å². The molecular formula is C15H18ClN3O2. The molecule has 1 fully saturated rings. The Balaban J connectivity index is 1.58. The molecule has 21 heavy (non-hydrogen) atoms. The Labute approximate surface area is 128 Å². The molecule has 2 aromatic rings. The van der Waals surface area contributed by atoms with Crippen LogP contribution in [0.1, 0.15) is 18.7 Å². The Hall–Kier alpha value is -1.43. The lowest BCUT2D eigenvalue weighted by molar-refractivity contribution is 0.0261. The summed E-state index contributed by atoms with van der Waals surface area (Å²) in [5, 5.41) is 14.0. The predicted molar refractivity (Wildman–Crippen MR) is 79.8 cm³/mol. The van der Waals surface area contributed by atoms with Gasteiger partial charge in [0.25, 0.3) is 0 Å². The molecule has 0 unspecified atom stereocenters. The van der Waals surface area contributed by atoms with E-state index in [2.05, 4.69) is 15.0 Å². The first-order valence-electron chi connectivity index (χ1n) is 7.05. The minimum atomic E-state index is -0.108. The molecule has 1 aromatic carbocycles. The fourth-order valence-electron chi connectivity index (χ4n) is 2.62. The summed E-state index contributed by atoms with van der Waals surface area (Å²) in [5.74, 6) is 1.75. The first-order chi connectivity index (χ1) is 10.1. The number of rotatable bonds is 5. The zero-order chi connectivity index (χ0) is 14.8. The van der Waals surface area contributed by atoms with Crippen LogP contribution in [-0.2, 0) is 6.54 Å². The molecular weight excluding hydrogens is 290 g/mol. The van der Waals surface area contributed by atoms with Crippen LogP contribution in [0.2, 0.25) is 5.02 Å². The van der Waals surface area contributed by atoms with Gasteiger partial charge in [0.05, 0.1) is 12.6 Å². The third-order valence-corrected chi connectivity index (χ3v) is 4.01. The van der Waals surface area contributed by atoms with Crippen molar-refractivity contribution in [3.63, 3.8) is 0 Å². The Kier molecular flexibility index (Phi) is 4.24. The van der Waals surface area contributed by atoms with Crippen LogP contribution in [0, 0.1) is 5.92 Å². The van der Waals surface area contributed by atoms with E-state index < -0.39 is 0 Å². The average Bonchev–Trinajstić information content (AvgIpc) is 2.86. The number of hydrogen-bond acceptors (Lipinski definition) is 5. The monoisotopic (exact) mass is 307 g/mol. The van der Waals surface area contributed by atoms with E-state index in [0.717, 1.165) is 24.9 Å². The van der Waals surface area contributed by atoms with Gasteiger partial charge in [0.1, 0.15) is 0 Å². The highest BCUT2D eigenvalue weighted by molar-refractivity contribution is 6.30. The zero-order valence-electron chi connectivity index (χ0n) is 11.9. The minimum Gasteiger partial charge on any atom is -0.393 e. The summed E-state index contributed by atoms with van der Waals surface area (Å²) in [5.41, 5.74) is 0.888. The van der Waals surface area contributed by atoms with E-state index in [0.29, 0.717) is 29.2 Å². The zero-order valence-corrected chi connectivity index (χ0v) is 12.6. The molecule has 0 saturated heterocycles. The van der Waals surface area contributed by atoms with E-state index in [9.17, 15) is 5.11 Å². The molecule has 0 radical (unpaired) electrons. The van der Waals surface area contributed by atoms with Crippen LogP contribution in [0.4, 0.5) is 0 Å². The number of aliphatic hydroxyl groups is 1. The van der Waals surface area contributed by atoms with Gasteiger partial charge in [-0.05, 0) is 50.1 Å². The van der Waals surface area contributed by atoms with Crippen LogP contribution in [0.5, 0.6) is 0 Å². The SMILES string of the molecule is CN(Cc1nc(-c2ccc(Cl)cc2)no1)CC1CC(O)C1. The molecule has 1 heterocycles. The van der Waals surface area contributed by atoms with Crippen molar-refractivity contribution in [1.82, 2.24) is 15.0 Å². The highest BCUT2D eigenvalue weighted by Crippen LogP contribution is 2.28. The second-order valence-corrected chi connectivity index (χ2v) is 6.14. The Morgan fingerprint density at radius 2 is 2.05 bits per heavy atom. The summed E-state index contributed by atoms with van der Waals surface area (Å²) in [4.78, 5) is 6.55. The molecule has 1 aromatic heterocycles. The molecule has 1 aliphatic carbocycles. The summed E-state index contributed by atoms with van der Waals surface area (Å²) in [6.45, 7) is 1.56. The van der Waals surface area contributed by atoms with Crippen LogP contribution in [0.3, 0.4) is 0 Å². The lowest BCUT2D eigenvalue weighted by atomic mass is 9.82. The van der Waals surface area contributed by atoms with Crippen molar-refractivity contribution < 1.29 is 9.63 Å². The normalized spacial score (nSPS) is 21.5. The fraction of sp³-hybridized carbons (Fsp3) is 0.467. The van der Waals surface area contributed by atoms with Crippen molar-refractivity contribution in [2.24, 2.45) is 5.92 Å². The molecule has 0 amide bonds. The Morgan fingerprint density at radius 3 is 2.71 bits per heavy atom. The Morgan fingerprint density at radius 1 is 1.33 bits per heavy atom. The third-order valence-electron chi connectivity index (χ3n) is 3.76. The number of nitrogens with zero attached hydrogens (tertiary/aromatic N) is 3. The standard InChI is InChI=1S/C15H18ClN3O2/c1-19(8-10-6-13(20)7-10)9-14-17-15(18-21-14)11-2-4-12(16)5-3-11/h2-5,10,13,20H,6-9H2,1H3. The molecule has 1 aliphatic rings. The minimum absolute atomic E-state index is 0.108. The smallest absolute Gasteiger partial charge is 0.241 e. The van der Waals surface area contributed by atoms with Crippen LogP contribution < -0.4 is 0 Å². The van der Waals surface area contributed by atoms with Gasteiger partial charge in [-0.2, -0.15) is 4.98 Å². The molecule has 0 aliphatic heterocycles. The average molecular weight is 308 g/mol. The summed E-state index contributed by atoms with van der Waals surface area (Å²) in [6.07, 6.45) is 1.68. The lowest BCUT2D eigenvalue weighted by Gasteiger charge is -2.34. The summed E-state index contributed by atoms with van der Waals surface area (Å²) in [7, 11) is 2.02. The summed E-state index contributed by atoms with van der Waals surface area (Å²) < 4.78 is 5.29. The van der Waals surface area contributed by atoms with Gasteiger partial charge >= 0.3 is 0 Å². The molecule has 0 atom stereocenters. The molecule has 112 valence electrons. The maximum Gasteiger partial charge on any atom is 0.241 e. The lowest BCUT2D eigenvalue weighted by Crippen LogP contribution is -2.36. The summed E-state index contributed by atoms with van der Waals surface area (Å²) >= 11 is 5.86. The Bertz CT molecular complexity index is 593. The molecule has 1 N–H and O–H groups in total. The highest BCUT2D eigenvalue weighted by Gasteiger charge is 2.28. The molecule has 1 saturated carbocycles. The molecule has 0 bridgehead atoms. The van der Waals surface area contributed by atoms with Gasteiger partial charge in [0, 0.05) is 17.1 Å². The van der Waals surface area contributed by atoms with Crippen molar-refractivity contribution in [3.05, 3.63) is 35.2 Å². The number of aliphatic hydroxyl groups excluding tert-OH is 1. The second-order valence-electron chi connectivity index (χ2n) is 5.71. The third kappa shape index (κ3) is 3.61. The quantitative estimate of drug-likeness (QED) is 0.920. The van der Waals surface area contributed by atoms with Crippen molar-refractivity contribution >= 4 is 11.6 Å². The van der Waals surface area contributed by atoms with Gasteiger partial charge in [0.15, 0.2) is 0 Å². The molecule has 0 spiro atoms. The first kappa shape index (κ1) is 14.5. The van der Waals surface area contributed by atoms with Crippen molar-refractivity contribution in [1.29, 1.82) is 0 Å². The molecule has 5 nitrogen and oxygen atoms in total. The number of halogens is 1. The van der Waals surface area contributed by atoms with Crippen LogP contribution in [0.25, 0.3) is 11.4 Å². The predicted octanol–water partition coefficient (Wildman–Crippen LogP) is 2.59. The van der Waals surface area contributed by atoms with E-state index in [1.807, 2.05) is 19.2 Å². The van der Waals surface area contributed by atoms with Gasteiger partial charge < -0.3 is 9.63 Å². The fourth-order valence-corrected chi connectivity index (χ4v) is 2.75.